The van der Waals surface area contributed by atoms with E-state index >= 15 is 0 Å². The fourth-order valence-electron chi connectivity index (χ4n) is 0.979. The molecule has 2 nitrogen and oxygen atoms in total. The molecule has 0 saturated carbocycles. The summed E-state index contributed by atoms with van der Waals surface area (Å²) in [4.78, 5) is 0. The van der Waals surface area contributed by atoms with Crippen LogP contribution >= 0.6 is 0 Å². The van der Waals surface area contributed by atoms with Crippen molar-refractivity contribution in [3.63, 3.8) is 0 Å². The highest BCUT2D eigenvalue weighted by atomic mass is 16.5. The molecule has 2 N–H and O–H groups in total. The average Bonchev–Trinajstić information content (AvgIpc) is 1.85. The number of nitrogens with two attached hydrogens (primary N) is 1. The quantitative estimate of drug-likeness (QED) is 0.679. The second-order valence-electron chi connectivity index (χ2n) is 4.27. The van der Waals surface area contributed by atoms with E-state index in [1.54, 1.807) is 7.11 Å². The van der Waals surface area contributed by atoms with Gasteiger partial charge < -0.3 is 10.5 Å². The van der Waals surface area contributed by atoms with Crippen molar-refractivity contribution < 1.29 is 4.74 Å². The summed E-state index contributed by atoms with van der Waals surface area (Å²) in [5, 5.41) is 0. The van der Waals surface area contributed by atoms with Crippen LogP contribution < -0.4 is 5.73 Å². The van der Waals surface area contributed by atoms with Gasteiger partial charge in [0, 0.05) is 13.2 Å². The zero-order chi connectivity index (χ0) is 9.07. The van der Waals surface area contributed by atoms with Gasteiger partial charge in [-0.05, 0) is 11.3 Å². The summed E-state index contributed by atoms with van der Waals surface area (Å²) in [6.07, 6.45) is 0. The molecule has 0 spiro atoms. The monoisotopic (exact) mass is 159 g/mol. The second-order valence-corrected chi connectivity index (χ2v) is 4.27. The van der Waals surface area contributed by atoms with E-state index in [1.165, 1.54) is 0 Å². The summed E-state index contributed by atoms with van der Waals surface area (Å²) in [6.45, 7) is 9.43. The maximum absolute atomic E-state index is 5.89. The summed E-state index contributed by atoms with van der Waals surface area (Å²) in [5.74, 6) is 0.488. The standard InChI is InChI=1S/C9H21NO/c1-7(9(2,3)4)8(10)6-11-5/h7-8H,6,10H2,1-5H3. The lowest BCUT2D eigenvalue weighted by Gasteiger charge is -2.31. The molecule has 2 atom stereocenters. The van der Waals surface area contributed by atoms with E-state index < -0.39 is 0 Å². The van der Waals surface area contributed by atoms with Crippen LogP contribution in [0.4, 0.5) is 0 Å². The molecule has 0 aromatic carbocycles. The first kappa shape index (κ1) is 10.9. The van der Waals surface area contributed by atoms with Crippen LogP contribution in [0.15, 0.2) is 0 Å². The zero-order valence-corrected chi connectivity index (χ0v) is 8.35. The minimum Gasteiger partial charge on any atom is -0.383 e. The van der Waals surface area contributed by atoms with Gasteiger partial charge in [-0.3, -0.25) is 0 Å². The maximum atomic E-state index is 5.89. The molecule has 0 aliphatic heterocycles. The van der Waals surface area contributed by atoms with E-state index in [4.69, 9.17) is 10.5 Å². The van der Waals surface area contributed by atoms with Crippen molar-refractivity contribution in [3.05, 3.63) is 0 Å². The van der Waals surface area contributed by atoms with Crippen LogP contribution in [0, 0.1) is 11.3 Å². The molecule has 0 amide bonds. The van der Waals surface area contributed by atoms with Gasteiger partial charge in [0.2, 0.25) is 0 Å². The predicted molar refractivity (Wildman–Crippen MR) is 48.5 cm³/mol. The first-order valence-electron chi connectivity index (χ1n) is 4.14. The Labute approximate surface area is 70.1 Å². The fourth-order valence-corrected chi connectivity index (χ4v) is 0.979. The molecule has 68 valence electrons. The van der Waals surface area contributed by atoms with Crippen LogP contribution in [0.2, 0.25) is 0 Å². The summed E-state index contributed by atoms with van der Waals surface area (Å²) in [5.41, 5.74) is 6.16. The minimum atomic E-state index is 0.153. The lowest BCUT2D eigenvalue weighted by molar-refractivity contribution is 0.121. The molecular formula is C9H21NO. The first-order chi connectivity index (χ1) is 4.89. The highest BCUT2D eigenvalue weighted by Gasteiger charge is 2.25. The Morgan fingerprint density at radius 3 is 2.09 bits per heavy atom. The van der Waals surface area contributed by atoms with Crippen LogP contribution in [-0.2, 0) is 4.74 Å². The number of hydrogen-bond donors (Lipinski definition) is 1. The molecular weight excluding hydrogens is 138 g/mol. The maximum Gasteiger partial charge on any atom is 0.0616 e. The third kappa shape index (κ3) is 3.73. The Kier molecular flexibility index (Phi) is 4.04. The van der Waals surface area contributed by atoms with Crippen LogP contribution in [-0.4, -0.2) is 19.8 Å². The van der Waals surface area contributed by atoms with Crippen LogP contribution in [0.1, 0.15) is 27.7 Å². The minimum absolute atomic E-state index is 0.153. The van der Waals surface area contributed by atoms with Gasteiger partial charge in [0.1, 0.15) is 0 Å². The molecule has 0 aliphatic rings. The highest BCUT2D eigenvalue weighted by Crippen LogP contribution is 2.27. The van der Waals surface area contributed by atoms with Crippen molar-refractivity contribution in [2.75, 3.05) is 13.7 Å². The van der Waals surface area contributed by atoms with Crippen molar-refractivity contribution in [2.24, 2.45) is 17.1 Å². The van der Waals surface area contributed by atoms with Crippen LogP contribution in [0.25, 0.3) is 0 Å². The molecule has 0 heterocycles. The summed E-state index contributed by atoms with van der Waals surface area (Å²) < 4.78 is 4.99. The first-order valence-corrected chi connectivity index (χ1v) is 4.14. The average molecular weight is 159 g/mol. The molecule has 0 radical (unpaired) electrons. The highest BCUT2D eigenvalue weighted by molar-refractivity contribution is 4.78. The third-order valence-electron chi connectivity index (χ3n) is 2.37. The van der Waals surface area contributed by atoms with Gasteiger partial charge in [-0.2, -0.15) is 0 Å². The van der Waals surface area contributed by atoms with Gasteiger partial charge in [-0.25, -0.2) is 0 Å². The van der Waals surface area contributed by atoms with Gasteiger partial charge >= 0.3 is 0 Å². The van der Waals surface area contributed by atoms with Crippen molar-refractivity contribution in [3.8, 4) is 0 Å². The number of hydrogen-bond acceptors (Lipinski definition) is 2. The fraction of sp³-hybridized carbons (Fsp3) is 1.00. The van der Waals surface area contributed by atoms with Gasteiger partial charge in [0.15, 0.2) is 0 Å². The smallest absolute Gasteiger partial charge is 0.0616 e. The van der Waals surface area contributed by atoms with Crippen molar-refractivity contribution in [1.29, 1.82) is 0 Å². The molecule has 2 unspecified atom stereocenters. The SMILES string of the molecule is COCC(N)C(C)C(C)(C)C. The largest absolute Gasteiger partial charge is 0.383 e. The van der Waals surface area contributed by atoms with Gasteiger partial charge in [-0.15, -0.1) is 0 Å². The van der Waals surface area contributed by atoms with E-state index in [-0.39, 0.29) is 11.5 Å². The zero-order valence-electron chi connectivity index (χ0n) is 8.35. The second kappa shape index (κ2) is 4.07. The molecule has 0 aromatic heterocycles. The van der Waals surface area contributed by atoms with E-state index in [0.29, 0.717) is 12.5 Å². The number of methoxy groups -OCH3 is 1. The molecule has 11 heavy (non-hydrogen) atoms. The van der Waals surface area contributed by atoms with Crippen molar-refractivity contribution >= 4 is 0 Å². The molecule has 0 saturated heterocycles. The predicted octanol–water partition coefficient (Wildman–Crippen LogP) is 1.64. The van der Waals surface area contributed by atoms with Crippen LogP contribution in [0.5, 0.6) is 0 Å². The Balaban J connectivity index is 3.91. The van der Waals surface area contributed by atoms with Gasteiger partial charge in [0.25, 0.3) is 0 Å². The van der Waals surface area contributed by atoms with E-state index in [1.807, 2.05) is 0 Å². The molecule has 0 aromatic rings. The Morgan fingerprint density at radius 1 is 1.36 bits per heavy atom. The van der Waals surface area contributed by atoms with Gasteiger partial charge in [0.05, 0.1) is 6.61 Å². The third-order valence-corrected chi connectivity index (χ3v) is 2.37. The lowest BCUT2D eigenvalue weighted by atomic mass is 9.78. The van der Waals surface area contributed by atoms with E-state index in [9.17, 15) is 0 Å². The summed E-state index contributed by atoms with van der Waals surface area (Å²) in [6, 6.07) is 0.153. The van der Waals surface area contributed by atoms with E-state index in [2.05, 4.69) is 27.7 Å². The normalized spacial score (nSPS) is 18.0. The Morgan fingerprint density at radius 2 is 1.82 bits per heavy atom. The number of ether oxygens (including phenoxy) is 1. The molecule has 0 fully saturated rings. The summed E-state index contributed by atoms with van der Waals surface area (Å²) >= 11 is 0. The Bertz CT molecular complexity index is 107. The molecule has 2 heteroatoms. The molecule has 0 rings (SSSR count). The summed E-state index contributed by atoms with van der Waals surface area (Å²) in [7, 11) is 1.69. The molecule has 0 aliphatic carbocycles. The van der Waals surface area contributed by atoms with E-state index in [0.717, 1.165) is 0 Å². The topological polar surface area (TPSA) is 35.2 Å². The molecule has 0 bridgehead atoms. The van der Waals surface area contributed by atoms with Gasteiger partial charge in [-0.1, -0.05) is 27.7 Å². The van der Waals surface area contributed by atoms with Crippen molar-refractivity contribution in [1.82, 2.24) is 0 Å². The lowest BCUT2D eigenvalue weighted by Crippen LogP contribution is -2.39. The number of rotatable bonds is 3. The van der Waals surface area contributed by atoms with Crippen molar-refractivity contribution in [2.45, 2.75) is 33.7 Å². The van der Waals surface area contributed by atoms with Crippen LogP contribution in [0.3, 0.4) is 0 Å². The Hall–Kier alpha value is -0.0800.